The van der Waals surface area contributed by atoms with Gasteiger partial charge in [0.15, 0.2) is 0 Å². The van der Waals surface area contributed by atoms with E-state index in [1.54, 1.807) is 24.5 Å². The number of nitrogens with one attached hydrogen (secondary N) is 2. The molecule has 8 heteroatoms. The van der Waals surface area contributed by atoms with E-state index >= 15 is 0 Å². The van der Waals surface area contributed by atoms with E-state index in [9.17, 15) is 17.6 Å². The van der Waals surface area contributed by atoms with Crippen LogP contribution in [0.15, 0.2) is 78.0 Å². The standard InChI is InChI=1S/C18H14FN3O3S/c19-16-3-1-2-4-17(16)22-26(24,25)15-7-5-13(6-8-15)18(23)21-14-9-11-20-12-10-14/h1-12,22H,(H,20,21,23). The number of nitrogens with zero attached hydrogens (tertiary/aromatic N) is 1. The van der Waals surface area contributed by atoms with Crippen LogP contribution in [-0.4, -0.2) is 19.3 Å². The number of carbonyl (C=O) groups is 1. The molecule has 2 N–H and O–H groups in total. The van der Waals surface area contributed by atoms with Crippen molar-refractivity contribution >= 4 is 27.3 Å². The minimum Gasteiger partial charge on any atom is -0.322 e. The molecule has 0 fully saturated rings. The van der Waals surface area contributed by atoms with Crippen LogP contribution in [0.4, 0.5) is 15.8 Å². The number of hydrogen-bond donors (Lipinski definition) is 2. The van der Waals surface area contributed by atoms with Gasteiger partial charge in [-0.05, 0) is 48.5 Å². The van der Waals surface area contributed by atoms with E-state index in [-0.39, 0.29) is 22.1 Å². The van der Waals surface area contributed by atoms with E-state index in [0.29, 0.717) is 5.69 Å². The predicted octanol–water partition coefficient (Wildman–Crippen LogP) is 3.27. The summed E-state index contributed by atoms with van der Waals surface area (Å²) in [6.07, 6.45) is 3.08. The first kappa shape index (κ1) is 17.6. The van der Waals surface area contributed by atoms with Crippen LogP contribution in [0.1, 0.15) is 10.4 Å². The predicted molar refractivity (Wildman–Crippen MR) is 95.8 cm³/mol. The number of halogens is 1. The number of pyridine rings is 1. The summed E-state index contributed by atoms with van der Waals surface area (Å²) in [5.41, 5.74) is 0.710. The normalized spacial score (nSPS) is 11.0. The van der Waals surface area contributed by atoms with Crippen LogP contribution in [0.3, 0.4) is 0 Å². The summed E-state index contributed by atoms with van der Waals surface area (Å²) in [6.45, 7) is 0. The Kier molecular flexibility index (Phi) is 4.94. The molecule has 1 aromatic heterocycles. The van der Waals surface area contributed by atoms with Gasteiger partial charge in [-0.15, -0.1) is 0 Å². The zero-order chi connectivity index (χ0) is 18.6. The Labute approximate surface area is 149 Å². The van der Waals surface area contributed by atoms with Crippen molar-refractivity contribution in [3.05, 3.63) is 84.4 Å². The van der Waals surface area contributed by atoms with E-state index in [1.165, 1.54) is 42.5 Å². The smallest absolute Gasteiger partial charge is 0.261 e. The van der Waals surface area contributed by atoms with Gasteiger partial charge in [-0.3, -0.25) is 14.5 Å². The molecule has 26 heavy (non-hydrogen) atoms. The summed E-state index contributed by atoms with van der Waals surface area (Å²) in [7, 11) is -3.97. The molecule has 0 saturated heterocycles. The Morgan fingerprint density at radius 3 is 2.23 bits per heavy atom. The van der Waals surface area contributed by atoms with Gasteiger partial charge in [0, 0.05) is 23.6 Å². The minimum atomic E-state index is -3.97. The van der Waals surface area contributed by atoms with Crippen LogP contribution in [0.2, 0.25) is 0 Å². The molecular weight excluding hydrogens is 357 g/mol. The molecule has 0 saturated carbocycles. The Morgan fingerprint density at radius 1 is 0.923 bits per heavy atom. The monoisotopic (exact) mass is 371 g/mol. The van der Waals surface area contributed by atoms with E-state index < -0.39 is 15.8 Å². The fraction of sp³-hybridized carbons (Fsp3) is 0. The molecule has 1 amide bonds. The molecule has 0 unspecified atom stereocenters. The van der Waals surface area contributed by atoms with E-state index in [4.69, 9.17) is 0 Å². The molecule has 6 nitrogen and oxygen atoms in total. The second-order valence-electron chi connectivity index (χ2n) is 5.30. The van der Waals surface area contributed by atoms with Crippen molar-refractivity contribution in [1.82, 2.24) is 4.98 Å². The summed E-state index contributed by atoms with van der Waals surface area (Å²) < 4.78 is 40.5. The van der Waals surface area contributed by atoms with Crippen LogP contribution in [0.25, 0.3) is 0 Å². The van der Waals surface area contributed by atoms with Gasteiger partial charge in [0.2, 0.25) is 0 Å². The summed E-state index contributed by atoms with van der Waals surface area (Å²) in [5.74, 6) is -1.06. The summed E-state index contributed by atoms with van der Waals surface area (Å²) in [5, 5.41) is 2.67. The lowest BCUT2D eigenvalue weighted by Crippen LogP contribution is -2.15. The number of anilines is 2. The molecule has 0 radical (unpaired) electrons. The molecule has 0 atom stereocenters. The zero-order valence-electron chi connectivity index (χ0n) is 13.4. The third-order valence-corrected chi connectivity index (χ3v) is 4.86. The Morgan fingerprint density at radius 2 is 1.58 bits per heavy atom. The molecule has 2 aromatic carbocycles. The van der Waals surface area contributed by atoms with Crippen molar-refractivity contribution < 1.29 is 17.6 Å². The second-order valence-corrected chi connectivity index (χ2v) is 6.98. The maximum Gasteiger partial charge on any atom is 0.261 e. The Bertz CT molecular complexity index is 1020. The van der Waals surface area contributed by atoms with Gasteiger partial charge in [0.05, 0.1) is 10.6 Å². The summed E-state index contributed by atoms with van der Waals surface area (Å²) in [6, 6.07) is 14.1. The summed E-state index contributed by atoms with van der Waals surface area (Å²) in [4.78, 5) is 15.9. The fourth-order valence-corrected chi connectivity index (χ4v) is 3.24. The first-order chi connectivity index (χ1) is 12.5. The highest BCUT2D eigenvalue weighted by atomic mass is 32.2. The Balaban J connectivity index is 1.76. The van der Waals surface area contributed by atoms with Gasteiger partial charge in [-0.25, -0.2) is 12.8 Å². The molecule has 0 spiro atoms. The lowest BCUT2D eigenvalue weighted by Gasteiger charge is -2.10. The van der Waals surface area contributed by atoms with Gasteiger partial charge in [-0.2, -0.15) is 0 Å². The van der Waals surface area contributed by atoms with Crippen molar-refractivity contribution in [2.24, 2.45) is 0 Å². The van der Waals surface area contributed by atoms with E-state index in [1.807, 2.05) is 0 Å². The number of amides is 1. The molecular formula is C18H14FN3O3S. The van der Waals surface area contributed by atoms with Gasteiger partial charge in [-0.1, -0.05) is 12.1 Å². The first-order valence-corrected chi connectivity index (χ1v) is 9.03. The quantitative estimate of drug-likeness (QED) is 0.720. The van der Waals surface area contributed by atoms with Gasteiger partial charge in [0.25, 0.3) is 15.9 Å². The van der Waals surface area contributed by atoms with Crippen LogP contribution >= 0.6 is 0 Å². The SMILES string of the molecule is O=C(Nc1ccncc1)c1ccc(S(=O)(=O)Nc2ccccc2F)cc1. The van der Waals surface area contributed by atoms with Crippen molar-refractivity contribution in [1.29, 1.82) is 0 Å². The van der Waals surface area contributed by atoms with Crippen LogP contribution in [-0.2, 0) is 10.0 Å². The van der Waals surface area contributed by atoms with Gasteiger partial charge >= 0.3 is 0 Å². The fourth-order valence-electron chi connectivity index (χ4n) is 2.17. The number of para-hydroxylation sites is 1. The molecule has 3 aromatic rings. The number of carbonyl (C=O) groups excluding carboxylic acids is 1. The molecule has 0 aliphatic rings. The summed E-state index contributed by atoms with van der Waals surface area (Å²) >= 11 is 0. The maximum absolute atomic E-state index is 13.6. The van der Waals surface area contributed by atoms with Crippen molar-refractivity contribution in [3.8, 4) is 0 Å². The van der Waals surface area contributed by atoms with Crippen molar-refractivity contribution in [2.45, 2.75) is 4.90 Å². The lowest BCUT2D eigenvalue weighted by molar-refractivity contribution is 0.102. The maximum atomic E-state index is 13.6. The van der Waals surface area contributed by atoms with Crippen molar-refractivity contribution in [3.63, 3.8) is 0 Å². The minimum absolute atomic E-state index is 0.0822. The van der Waals surface area contributed by atoms with Crippen LogP contribution in [0.5, 0.6) is 0 Å². The Hall–Kier alpha value is -3.26. The van der Waals surface area contributed by atoms with Crippen molar-refractivity contribution in [2.75, 3.05) is 10.0 Å². The number of rotatable bonds is 5. The van der Waals surface area contributed by atoms with Crippen LogP contribution < -0.4 is 10.0 Å². The number of hydrogen-bond acceptors (Lipinski definition) is 4. The highest BCUT2D eigenvalue weighted by molar-refractivity contribution is 7.92. The highest BCUT2D eigenvalue weighted by Crippen LogP contribution is 2.19. The number of benzene rings is 2. The third kappa shape index (κ3) is 4.04. The largest absolute Gasteiger partial charge is 0.322 e. The average molecular weight is 371 g/mol. The molecule has 0 aliphatic carbocycles. The average Bonchev–Trinajstić information content (AvgIpc) is 2.64. The van der Waals surface area contributed by atoms with E-state index in [2.05, 4.69) is 15.0 Å². The number of sulfonamides is 1. The highest BCUT2D eigenvalue weighted by Gasteiger charge is 2.17. The van der Waals surface area contributed by atoms with Crippen LogP contribution in [0, 0.1) is 5.82 Å². The zero-order valence-corrected chi connectivity index (χ0v) is 14.2. The third-order valence-electron chi connectivity index (χ3n) is 3.48. The lowest BCUT2D eigenvalue weighted by atomic mass is 10.2. The first-order valence-electron chi connectivity index (χ1n) is 7.54. The van der Waals surface area contributed by atoms with Gasteiger partial charge in [0.1, 0.15) is 5.82 Å². The molecule has 3 rings (SSSR count). The number of aromatic nitrogens is 1. The molecule has 0 aliphatic heterocycles. The van der Waals surface area contributed by atoms with Gasteiger partial charge < -0.3 is 5.32 Å². The van der Waals surface area contributed by atoms with E-state index in [0.717, 1.165) is 6.07 Å². The molecule has 1 heterocycles. The molecule has 0 bridgehead atoms. The molecule has 132 valence electrons. The second kappa shape index (κ2) is 7.32. The topological polar surface area (TPSA) is 88.2 Å².